The Morgan fingerprint density at radius 3 is 2.25 bits per heavy atom. The number of aliphatic hydroxyl groups is 1. The second-order valence-corrected chi connectivity index (χ2v) is 23.4. The minimum atomic E-state index is -0.862. The lowest BCUT2D eigenvalue weighted by atomic mass is 9.73. The van der Waals surface area contributed by atoms with Crippen molar-refractivity contribution < 1.29 is 24.3 Å². The summed E-state index contributed by atoms with van der Waals surface area (Å²) in [4.78, 5) is 75.1. The molecule has 0 unspecified atom stereocenters. The zero-order valence-corrected chi connectivity index (χ0v) is 46.8. The van der Waals surface area contributed by atoms with Gasteiger partial charge in [-0.2, -0.15) is 0 Å². The molecule has 79 heavy (non-hydrogen) atoms. The van der Waals surface area contributed by atoms with Gasteiger partial charge in [0.05, 0.1) is 33.4 Å². The van der Waals surface area contributed by atoms with Gasteiger partial charge < -0.3 is 37.4 Å². The first kappa shape index (κ1) is 56.4. The monoisotopic (exact) mass is 1090 g/mol. The van der Waals surface area contributed by atoms with E-state index in [1.54, 1.807) is 17.5 Å². The van der Waals surface area contributed by atoms with E-state index in [0.29, 0.717) is 49.5 Å². The lowest BCUT2D eigenvalue weighted by Crippen LogP contribution is -2.57. The highest BCUT2D eigenvalue weighted by Crippen LogP contribution is 2.40. The first-order valence-corrected chi connectivity index (χ1v) is 28.8. The summed E-state index contributed by atoms with van der Waals surface area (Å²) in [7, 11) is 0. The Hall–Kier alpha value is -7.34. The van der Waals surface area contributed by atoms with Gasteiger partial charge in [0.25, 0.3) is 0 Å². The van der Waals surface area contributed by atoms with Crippen LogP contribution in [0, 0.1) is 12.3 Å². The fraction of sp³-hybridized carbons (Fsp3) is 0.419. The summed E-state index contributed by atoms with van der Waals surface area (Å²) < 4.78 is 2.03. The molecule has 0 spiro atoms. The van der Waals surface area contributed by atoms with Crippen molar-refractivity contribution in [2.24, 2.45) is 11.1 Å². The number of anilines is 1. The van der Waals surface area contributed by atoms with E-state index in [-0.39, 0.29) is 48.7 Å². The minimum absolute atomic E-state index is 0.0215. The van der Waals surface area contributed by atoms with Gasteiger partial charge in [0.2, 0.25) is 23.6 Å². The van der Waals surface area contributed by atoms with Crippen LogP contribution in [0.4, 0.5) is 5.82 Å². The molecule has 9 rings (SSSR count). The van der Waals surface area contributed by atoms with Gasteiger partial charge in [-0.3, -0.25) is 23.7 Å². The first-order valence-electron chi connectivity index (χ1n) is 28.0. The van der Waals surface area contributed by atoms with Crippen molar-refractivity contribution in [3.63, 3.8) is 0 Å². The maximum absolute atomic E-state index is 14.1. The maximum Gasteiger partial charge on any atom is 0.246 e. The number of benzene rings is 3. The maximum atomic E-state index is 14.1. The molecule has 4 aromatic heterocycles. The predicted octanol–water partition coefficient (Wildman–Crippen LogP) is 9.48. The van der Waals surface area contributed by atoms with Crippen LogP contribution >= 0.6 is 11.3 Å². The third-order valence-electron chi connectivity index (χ3n) is 15.5. The third kappa shape index (κ3) is 13.7. The number of carbonyl (C=O) groups is 4. The number of unbranched alkanes of at least 4 members (excludes halogenated alkanes) is 6. The Morgan fingerprint density at radius 2 is 1.56 bits per heavy atom. The van der Waals surface area contributed by atoms with Crippen LogP contribution in [0.15, 0.2) is 109 Å². The molecule has 7 aromatic rings. The molecule has 2 fully saturated rings. The lowest BCUT2D eigenvalue weighted by molar-refractivity contribution is -0.144. The van der Waals surface area contributed by atoms with Gasteiger partial charge in [0.1, 0.15) is 23.4 Å². The van der Waals surface area contributed by atoms with E-state index in [1.807, 2.05) is 105 Å². The molecule has 4 amide bonds. The standard InChI is InChI=1S/C62H75N11O5S/c1-40-54(79-39-68-40)43-22-19-42(20-23-43)37-67-59(77)51-36-47(74)38-72(51)60(78)55(61(2,3)4)71-53(76)18-10-8-6-5-7-9-11-33-65-52(75)30-21-41-15-12-16-44(35-41)49-28-29-50-58(69-49)73(57(70-50)48-17-13-34-66-56(48)63)46-26-24-45(25-27-46)62(64)31-14-32-62/h12-13,15-17,19-20,22-29,34-35,39,47,51,55,74H,5-11,14,18,21,30-33,36-38,64H2,1-4H3,(H2,63,66)(H,65,75)(H,67,77)(H,71,76)/t47-,51+,55-/m1/s1. The summed E-state index contributed by atoms with van der Waals surface area (Å²) >= 11 is 1.58. The average Bonchev–Trinajstić information content (AvgIpc) is 4.35. The number of hydrogen-bond donors (Lipinski definition) is 6. The molecule has 8 N–H and O–H groups in total. The van der Waals surface area contributed by atoms with Crippen molar-refractivity contribution in [1.82, 2.24) is 45.4 Å². The van der Waals surface area contributed by atoms with E-state index in [4.69, 9.17) is 21.4 Å². The van der Waals surface area contributed by atoms with Gasteiger partial charge in [-0.15, -0.1) is 11.3 Å². The molecule has 1 aliphatic heterocycles. The van der Waals surface area contributed by atoms with Crippen LogP contribution < -0.4 is 27.4 Å². The first-order chi connectivity index (χ1) is 38.0. The molecule has 1 aliphatic carbocycles. The normalized spacial score (nSPS) is 16.4. The van der Waals surface area contributed by atoms with E-state index in [2.05, 4.69) is 56.3 Å². The highest BCUT2D eigenvalue weighted by atomic mass is 32.1. The molecule has 1 saturated heterocycles. The molecule has 0 radical (unpaired) electrons. The SMILES string of the molecule is Cc1ncsc1-c1ccc(CNC(=O)[C@@H]2C[C@@H](O)CN2C(=O)[C@@H](NC(=O)CCCCCCCCCNC(=O)CCc2cccc(-c3ccc4nc(-c5cccnc5N)n(-c5ccc(C6(N)CCC6)cc5)c4n3)c2)C(C)(C)C)cc1. The van der Waals surface area contributed by atoms with Crippen molar-refractivity contribution in [1.29, 1.82) is 0 Å². The highest BCUT2D eigenvalue weighted by Gasteiger charge is 2.44. The number of nitrogen functional groups attached to an aromatic ring is 1. The topological polar surface area (TPSA) is 236 Å². The van der Waals surface area contributed by atoms with Crippen molar-refractivity contribution >= 4 is 51.9 Å². The number of hydrogen-bond acceptors (Lipinski definition) is 12. The smallest absolute Gasteiger partial charge is 0.246 e. The number of nitrogens with zero attached hydrogens (tertiary/aromatic N) is 6. The number of fused-ring (bicyclic) bond motifs is 1. The van der Waals surface area contributed by atoms with Crippen molar-refractivity contribution in [3.8, 4) is 38.8 Å². The summed E-state index contributed by atoms with van der Waals surface area (Å²) in [5, 5.41) is 19.7. The van der Waals surface area contributed by atoms with Gasteiger partial charge in [-0.1, -0.05) is 107 Å². The van der Waals surface area contributed by atoms with Gasteiger partial charge in [-0.05, 0) is 116 Å². The lowest BCUT2D eigenvalue weighted by Gasteiger charge is -2.38. The van der Waals surface area contributed by atoms with Crippen LogP contribution in [0.3, 0.4) is 0 Å². The van der Waals surface area contributed by atoms with Crippen LogP contribution in [0.25, 0.3) is 49.9 Å². The molecule has 16 nitrogen and oxygen atoms in total. The number of thiazole rings is 1. The van der Waals surface area contributed by atoms with E-state index in [0.717, 1.165) is 119 Å². The van der Waals surface area contributed by atoms with Gasteiger partial charge in [-0.25, -0.2) is 19.9 Å². The third-order valence-corrected chi connectivity index (χ3v) is 16.5. The summed E-state index contributed by atoms with van der Waals surface area (Å²) in [5.74, 6) is 0.148. The van der Waals surface area contributed by atoms with Gasteiger partial charge in [0.15, 0.2) is 11.5 Å². The Kier molecular flexibility index (Phi) is 18.0. The Balaban J connectivity index is 0.678. The predicted molar refractivity (Wildman–Crippen MR) is 312 cm³/mol. The van der Waals surface area contributed by atoms with Crippen molar-refractivity contribution in [3.05, 3.63) is 131 Å². The number of aromatic nitrogens is 5. The molecule has 3 atom stereocenters. The Labute approximate surface area is 467 Å². The number of amides is 4. The fourth-order valence-corrected chi connectivity index (χ4v) is 11.5. The summed E-state index contributed by atoms with van der Waals surface area (Å²) in [5.41, 5.74) is 23.9. The molecule has 3 aromatic carbocycles. The van der Waals surface area contributed by atoms with Gasteiger partial charge in [0, 0.05) is 61.9 Å². The van der Waals surface area contributed by atoms with Crippen LogP contribution in [-0.2, 0) is 37.7 Å². The largest absolute Gasteiger partial charge is 0.391 e. The molecular weight excluding hydrogens is 1010 g/mol. The molecule has 414 valence electrons. The highest BCUT2D eigenvalue weighted by molar-refractivity contribution is 7.13. The second-order valence-electron chi connectivity index (χ2n) is 22.5. The van der Waals surface area contributed by atoms with E-state index in [9.17, 15) is 24.3 Å². The van der Waals surface area contributed by atoms with E-state index in [1.165, 1.54) is 4.90 Å². The van der Waals surface area contributed by atoms with Crippen molar-refractivity contribution in [2.45, 2.75) is 148 Å². The van der Waals surface area contributed by atoms with E-state index < -0.39 is 23.6 Å². The van der Waals surface area contributed by atoms with Crippen LogP contribution in [-0.4, -0.2) is 89.4 Å². The number of rotatable bonds is 23. The molecule has 17 heteroatoms. The van der Waals surface area contributed by atoms with E-state index >= 15 is 0 Å². The Bertz CT molecular complexity index is 3250. The molecule has 5 heterocycles. The van der Waals surface area contributed by atoms with Crippen LogP contribution in [0.2, 0.25) is 0 Å². The number of nitrogens with one attached hydrogen (secondary N) is 3. The molecule has 1 saturated carbocycles. The number of β-amino-alcohol motifs (C(OH)–C–C–N with tert-alkyl or cyclic N) is 1. The molecule has 0 bridgehead atoms. The number of likely N-dealkylation sites (tertiary alicyclic amines) is 1. The van der Waals surface area contributed by atoms with Crippen LogP contribution in [0.5, 0.6) is 0 Å². The minimum Gasteiger partial charge on any atom is -0.391 e. The molecule has 2 aliphatic rings. The van der Waals surface area contributed by atoms with Crippen LogP contribution in [0.1, 0.15) is 127 Å². The zero-order valence-electron chi connectivity index (χ0n) is 46.0. The summed E-state index contributed by atoms with van der Waals surface area (Å²) in [6.45, 7) is 8.58. The number of imidazole rings is 1. The zero-order chi connectivity index (χ0) is 55.7. The summed E-state index contributed by atoms with van der Waals surface area (Å²) in [6.07, 6.45) is 11.8. The number of pyridine rings is 2. The quantitative estimate of drug-likeness (QED) is 0.0330. The average molecular weight is 1090 g/mol. The molecular formula is C62H75N11O5S. The second kappa shape index (κ2) is 25.2. The number of aliphatic hydroxyl groups excluding tert-OH is 1. The fourth-order valence-electron chi connectivity index (χ4n) is 10.7. The summed E-state index contributed by atoms with van der Waals surface area (Å²) in [6, 6.07) is 30.5. The number of aryl methyl sites for hydroxylation is 2. The van der Waals surface area contributed by atoms with Crippen molar-refractivity contribution in [2.75, 3.05) is 18.8 Å². The Morgan fingerprint density at radius 1 is 0.810 bits per heavy atom. The van der Waals surface area contributed by atoms with Gasteiger partial charge >= 0.3 is 0 Å². The number of nitrogens with two attached hydrogens (primary N) is 2. The number of carbonyl (C=O) groups excluding carboxylic acids is 4.